The third kappa shape index (κ3) is 2.45. The highest BCUT2D eigenvalue weighted by molar-refractivity contribution is 5.47. The molecule has 0 saturated heterocycles. The van der Waals surface area contributed by atoms with E-state index in [9.17, 15) is 35.1 Å². The number of halogens is 8. The lowest BCUT2D eigenvalue weighted by molar-refractivity contribution is -0.292. The van der Waals surface area contributed by atoms with Gasteiger partial charge in [-0.25, -0.2) is 4.68 Å². The van der Waals surface area contributed by atoms with Crippen LogP contribution >= 0.6 is 0 Å². The van der Waals surface area contributed by atoms with E-state index in [4.69, 9.17) is 5.73 Å². The van der Waals surface area contributed by atoms with Gasteiger partial charge < -0.3 is 5.73 Å². The summed E-state index contributed by atoms with van der Waals surface area (Å²) < 4.78 is 100. The van der Waals surface area contributed by atoms with E-state index < -0.39 is 35.4 Å². The number of anilines is 1. The van der Waals surface area contributed by atoms with Gasteiger partial charge in [0.05, 0.1) is 0 Å². The van der Waals surface area contributed by atoms with Gasteiger partial charge in [-0.1, -0.05) is 0 Å². The Hall–Kier alpha value is -1.55. The molecule has 19 heavy (non-hydrogen) atoms. The van der Waals surface area contributed by atoms with Gasteiger partial charge in [-0.2, -0.15) is 40.2 Å². The molecule has 1 aromatic rings. The number of hydrogen-bond donors (Lipinski definition) is 1. The van der Waals surface area contributed by atoms with Crippen LogP contribution in [0.25, 0.3) is 0 Å². The van der Waals surface area contributed by atoms with E-state index in [1.807, 2.05) is 0 Å². The third-order valence-electron chi connectivity index (χ3n) is 2.23. The maximum absolute atomic E-state index is 13.0. The molecule has 1 rings (SSSR count). The Kier molecular flexibility index (Phi) is 3.46. The molecule has 0 atom stereocenters. The molecule has 0 spiro atoms. The van der Waals surface area contributed by atoms with Gasteiger partial charge in [0.25, 0.3) is 0 Å². The second-order valence-corrected chi connectivity index (χ2v) is 3.49. The first-order valence-electron chi connectivity index (χ1n) is 4.72. The highest BCUT2D eigenvalue weighted by atomic mass is 19.4. The molecule has 0 unspecified atom stereocenters. The number of hydrogen-bond acceptors (Lipinski definition) is 2. The first-order valence-corrected chi connectivity index (χ1v) is 4.72. The molecule has 1 aromatic heterocycles. The average molecular weight is 297 g/mol. The van der Waals surface area contributed by atoms with Crippen LogP contribution in [0.3, 0.4) is 0 Å². The zero-order valence-electron chi connectivity index (χ0n) is 9.20. The van der Waals surface area contributed by atoms with Crippen LogP contribution in [-0.4, -0.2) is 16.0 Å². The maximum Gasteiger partial charge on any atom is 0.459 e. The zero-order valence-corrected chi connectivity index (χ0v) is 9.20. The van der Waals surface area contributed by atoms with E-state index in [1.165, 1.54) is 6.92 Å². The van der Waals surface area contributed by atoms with E-state index in [0.29, 0.717) is 0 Å². The normalized spacial score (nSPS) is 13.9. The van der Waals surface area contributed by atoms with Crippen LogP contribution in [0.2, 0.25) is 0 Å². The van der Waals surface area contributed by atoms with Crippen molar-refractivity contribution in [2.24, 2.45) is 0 Å². The Morgan fingerprint density at radius 2 is 1.53 bits per heavy atom. The maximum atomic E-state index is 13.0. The molecule has 0 saturated carbocycles. The van der Waals surface area contributed by atoms with Gasteiger partial charge in [0.2, 0.25) is 0 Å². The van der Waals surface area contributed by atoms with Crippen molar-refractivity contribution in [2.75, 3.05) is 5.73 Å². The van der Waals surface area contributed by atoms with Crippen LogP contribution in [0.5, 0.6) is 0 Å². The van der Waals surface area contributed by atoms with E-state index in [2.05, 4.69) is 5.10 Å². The van der Waals surface area contributed by atoms with Crippen molar-refractivity contribution in [3.8, 4) is 0 Å². The largest absolute Gasteiger partial charge is 0.459 e. The third-order valence-corrected chi connectivity index (χ3v) is 2.23. The van der Waals surface area contributed by atoms with Crippen molar-refractivity contribution in [3.05, 3.63) is 11.3 Å². The van der Waals surface area contributed by atoms with Crippen molar-refractivity contribution in [2.45, 2.75) is 31.7 Å². The summed E-state index contributed by atoms with van der Waals surface area (Å²) in [4.78, 5) is 0. The van der Waals surface area contributed by atoms with Crippen molar-refractivity contribution in [1.82, 2.24) is 9.78 Å². The van der Waals surface area contributed by atoms with Crippen LogP contribution in [0.1, 0.15) is 18.2 Å². The van der Waals surface area contributed by atoms with E-state index >= 15 is 0 Å². The quantitative estimate of drug-likeness (QED) is 0.852. The van der Waals surface area contributed by atoms with Crippen molar-refractivity contribution >= 4 is 5.82 Å². The molecule has 1 heterocycles. The summed E-state index contributed by atoms with van der Waals surface area (Å²) >= 11 is 0. The van der Waals surface area contributed by atoms with Crippen LogP contribution in [0.15, 0.2) is 0 Å². The predicted octanol–water partition coefficient (Wildman–Crippen LogP) is 3.16. The molecule has 0 aliphatic rings. The van der Waals surface area contributed by atoms with Crippen LogP contribution in [-0.2, 0) is 18.6 Å². The molecule has 0 amide bonds. The monoisotopic (exact) mass is 297 g/mol. The van der Waals surface area contributed by atoms with Gasteiger partial charge in [0.1, 0.15) is 11.4 Å². The average Bonchev–Trinajstić information content (AvgIpc) is 2.53. The van der Waals surface area contributed by atoms with Gasteiger partial charge in [-0.3, -0.25) is 0 Å². The fourth-order valence-corrected chi connectivity index (χ4v) is 1.35. The number of nitrogens with two attached hydrogens (primary N) is 1. The minimum Gasteiger partial charge on any atom is -0.383 e. The molecule has 3 nitrogen and oxygen atoms in total. The zero-order chi connectivity index (χ0) is 15.2. The molecule has 0 aliphatic carbocycles. The second-order valence-electron chi connectivity index (χ2n) is 3.49. The highest BCUT2D eigenvalue weighted by Gasteiger charge is 2.64. The first kappa shape index (κ1) is 15.5. The molecular weight excluding hydrogens is 290 g/mol. The lowest BCUT2D eigenvalue weighted by atomic mass is 10.1. The molecule has 2 N–H and O–H groups in total. The number of alkyl halides is 8. The van der Waals surface area contributed by atoms with Gasteiger partial charge in [0.15, 0.2) is 5.69 Å². The number of rotatable bonds is 2. The van der Waals surface area contributed by atoms with Gasteiger partial charge >= 0.3 is 18.3 Å². The summed E-state index contributed by atoms with van der Waals surface area (Å²) in [7, 11) is 0. The Bertz CT molecular complexity index is 470. The van der Waals surface area contributed by atoms with Crippen LogP contribution < -0.4 is 5.73 Å². The van der Waals surface area contributed by atoms with Crippen LogP contribution in [0.4, 0.5) is 40.9 Å². The Balaban J connectivity index is 3.61. The van der Waals surface area contributed by atoms with Crippen LogP contribution in [0, 0.1) is 0 Å². The summed E-state index contributed by atoms with van der Waals surface area (Å²) in [6.07, 6.45) is -11.7. The van der Waals surface area contributed by atoms with Gasteiger partial charge in [-0.15, -0.1) is 0 Å². The number of aromatic nitrogens is 2. The standard InChI is InChI=1S/C8H7F8N3/c1-2-19-5(17)3(7(11,12)13)4(18-19)6(9,10)8(14,15)16/h2,17H2,1H3. The first-order chi connectivity index (χ1) is 8.34. The molecule has 11 heteroatoms. The lowest BCUT2D eigenvalue weighted by Gasteiger charge is -2.19. The van der Waals surface area contributed by atoms with E-state index in [0.717, 1.165) is 0 Å². The van der Waals surface area contributed by atoms with Gasteiger partial charge in [0, 0.05) is 6.54 Å². The molecular formula is C8H7F8N3. The Labute approximate surface area is 101 Å². The van der Waals surface area contributed by atoms with E-state index in [-0.39, 0.29) is 11.2 Å². The summed E-state index contributed by atoms with van der Waals surface area (Å²) in [5.74, 6) is -7.03. The fraction of sp³-hybridized carbons (Fsp3) is 0.625. The minimum atomic E-state index is -6.20. The Morgan fingerprint density at radius 1 is 1.05 bits per heavy atom. The molecule has 0 bridgehead atoms. The van der Waals surface area contributed by atoms with Crippen molar-refractivity contribution in [1.29, 1.82) is 0 Å². The topological polar surface area (TPSA) is 43.8 Å². The molecule has 0 aromatic carbocycles. The lowest BCUT2D eigenvalue weighted by Crippen LogP contribution is -2.36. The van der Waals surface area contributed by atoms with Crippen molar-refractivity contribution in [3.63, 3.8) is 0 Å². The fourth-order valence-electron chi connectivity index (χ4n) is 1.35. The number of nitrogen functional groups attached to an aromatic ring is 1. The summed E-state index contributed by atoms with van der Waals surface area (Å²) in [5.41, 5.74) is 0.215. The molecule has 0 fully saturated rings. The molecule has 0 radical (unpaired) electrons. The number of aryl methyl sites for hydroxylation is 1. The summed E-state index contributed by atoms with van der Waals surface area (Å²) in [6, 6.07) is 0. The summed E-state index contributed by atoms with van der Waals surface area (Å²) in [6.45, 7) is 0.807. The predicted molar refractivity (Wildman–Crippen MR) is 47.3 cm³/mol. The smallest absolute Gasteiger partial charge is 0.383 e. The second kappa shape index (κ2) is 4.23. The summed E-state index contributed by atoms with van der Waals surface area (Å²) in [5, 5.41) is 2.63. The SMILES string of the molecule is CCn1nc(C(F)(F)C(F)(F)F)c(C(F)(F)F)c1N. The minimum absolute atomic E-state index is 0.234. The number of nitrogens with zero attached hydrogens (tertiary/aromatic N) is 2. The van der Waals surface area contributed by atoms with Crippen molar-refractivity contribution < 1.29 is 35.1 Å². The highest BCUT2D eigenvalue weighted by Crippen LogP contribution is 2.49. The molecule has 110 valence electrons. The Morgan fingerprint density at radius 3 is 1.84 bits per heavy atom. The van der Waals surface area contributed by atoms with E-state index in [1.54, 1.807) is 0 Å². The van der Waals surface area contributed by atoms with Gasteiger partial charge in [-0.05, 0) is 6.92 Å². The molecule has 0 aliphatic heterocycles.